The Labute approximate surface area is 305 Å². The molecule has 49 heavy (non-hydrogen) atoms. The Morgan fingerprint density at radius 1 is 0.776 bits per heavy atom. The van der Waals surface area contributed by atoms with E-state index in [1.165, 1.54) is 32.5 Å². The molecule has 0 saturated carbocycles. The van der Waals surface area contributed by atoms with Crippen molar-refractivity contribution in [3.63, 3.8) is 0 Å². The van der Waals surface area contributed by atoms with E-state index in [4.69, 9.17) is 9.40 Å². The first-order valence-corrected chi connectivity index (χ1v) is 17.0. The van der Waals surface area contributed by atoms with E-state index in [0.717, 1.165) is 61.4 Å². The fourth-order valence-electron chi connectivity index (χ4n) is 6.35. The summed E-state index contributed by atoms with van der Waals surface area (Å²) in [5.74, 6) is 0. The summed E-state index contributed by atoms with van der Waals surface area (Å²) >= 11 is 1.71. The normalized spacial score (nSPS) is 11.4. The van der Waals surface area contributed by atoms with Crippen molar-refractivity contribution in [2.45, 2.75) is 48.0 Å². The molecule has 0 bridgehead atoms. The molecule has 8 aromatic rings. The first-order valence-electron chi connectivity index (χ1n) is 16.2. The number of fused-ring (bicyclic) bond motifs is 4. The number of nitrogens with zero attached hydrogens (tertiary/aromatic N) is 3. The number of aromatic nitrogens is 3. The molecule has 0 atom stereocenters. The second kappa shape index (κ2) is 14.2. The molecule has 247 valence electrons. The van der Waals surface area contributed by atoms with Gasteiger partial charge in [0.25, 0.3) is 0 Å². The molecule has 0 aliphatic rings. The number of rotatable bonds is 4. The van der Waals surface area contributed by atoms with Crippen LogP contribution in [-0.2, 0) is 26.5 Å². The zero-order valence-electron chi connectivity index (χ0n) is 28.5. The van der Waals surface area contributed by atoms with E-state index in [2.05, 4.69) is 105 Å². The number of hydrogen-bond donors (Lipinski definition) is 0. The third kappa shape index (κ3) is 7.28. The first-order chi connectivity index (χ1) is 23.1. The topological polar surface area (TPSA) is 51.8 Å². The van der Waals surface area contributed by atoms with Crippen LogP contribution in [0, 0.1) is 38.3 Å². The third-order valence-electron chi connectivity index (χ3n) is 8.41. The van der Waals surface area contributed by atoms with Gasteiger partial charge in [0.05, 0.1) is 20.8 Å². The minimum Gasteiger partial charge on any atom is -0.501 e. The molecule has 4 aromatic carbocycles. The zero-order valence-corrected chi connectivity index (χ0v) is 31.7. The largest absolute Gasteiger partial charge is 0.501 e. The van der Waals surface area contributed by atoms with Crippen molar-refractivity contribution in [3.8, 4) is 33.6 Å². The van der Waals surface area contributed by atoms with Crippen molar-refractivity contribution < 1.29 is 24.5 Å². The second-order valence-corrected chi connectivity index (χ2v) is 14.7. The van der Waals surface area contributed by atoms with Crippen LogP contribution in [0.15, 0.2) is 108 Å². The van der Waals surface area contributed by atoms with Gasteiger partial charge < -0.3 is 14.4 Å². The molecule has 0 N–H and O–H groups in total. The number of pyridine rings is 2. The van der Waals surface area contributed by atoms with Crippen molar-refractivity contribution in [1.82, 2.24) is 15.0 Å². The first kappa shape index (κ1) is 34.4. The van der Waals surface area contributed by atoms with Gasteiger partial charge in [-0.2, -0.15) is 0 Å². The van der Waals surface area contributed by atoms with E-state index >= 15 is 0 Å². The van der Waals surface area contributed by atoms with Crippen LogP contribution in [0.2, 0.25) is 0 Å². The average molecular weight is 836 g/mol. The molecule has 4 aromatic heterocycles. The number of aryl methyl sites for hydroxylation is 3. The van der Waals surface area contributed by atoms with Crippen LogP contribution in [0.1, 0.15) is 42.5 Å². The summed E-state index contributed by atoms with van der Waals surface area (Å²) in [6.07, 6.45) is 4.79. The number of benzene rings is 4. The number of furan rings is 1. The van der Waals surface area contributed by atoms with Crippen molar-refractivity contribution >= 4 is 43.5 Å². The van der Waals surface area contributed by atoms with Gasteiger partial charge in [-0.15, -0.1) is 65.4 Å². The number of thiazole rings is 1. The summed E-state index contributed by atoms with van der Waals surface area (Å²) in [7, 11) is 0. The SMILES string of the molecule is Cc1nc2cc3oc4c(-c5cc(-c6c(C)cccc6C)c(CC(C)(C)C)cn5)[c-]ccc4c3cc2s1.[Ir].[c-]1ccccc1-c1ccccn1. The minimum atomic E-state index is 0. The summed E-state index contributed by atoms with van der Waals surface area (Å²) < 4.78 is 7.63. The quantitative estimate of drug-likeness (QED) is 0.166. The molecule has 1 radical (unpaired) electrons. The van der Waals surface area contributed by atoms with Gasteiger partial charge >= 0.3 is 0 Å². The van der Waals surface area contributed by atoms with Crippen LogP contribution in [-0.4, -0.2) is 15.0 Å². The Bertz CT molecular complexity index is 2330. The Morgan fingerprint density at radius 3 is 2.29 bits per heavy atom. The maximum absolute atomic E-state index is 6.45. The van der Waals surface area contributed by atoms with E-state index < -0.39 is 0 Å². The molecule has 0 spiro atoms. The fraction of sp³-hybridized carbons (Fsp3) is 0.186. The van der Waals surface area contributed by atoms with Gasteiger partial charge in [-0.05, 0) is 83.9 Å². The Morgan fingerprint density at radius 2 is 1.57 bits per heavy atom. The smallest absolute Gasteiger partial charge is 0.123 e. The monoisotopic (exact) mass is 836 g/mol. The molecule has 8 rings (SSSR count). The molecule has 0 aliphatic heterocycles. The van der Waals surface area contributed by atoms with Gasteiger partial charge in [-0.3, -0.25) is 0 Å². The third-order valence-corrected chi connectivity index (χ3v) is 9.35. The Kier molecular flexibility index (Phi) is 9.94. The van der Waals surface area contributed by atoms with Crippen LogP contribution in [0.25, 0.3) is 65.8 Å². The molecule has 6 heteroatoms. The van der Waals surface area contributed by atoms with Crippen LogP contribution in [0.3, 0.4) is 0 Å². The summed E-state index contributed by atoms with van der Waals surface area (Å²) in [5.41, 5.74) is 12.9. The van der Waals surface area contributed by atoms with Gasteiger partial charge in [0.1, 0.15) is 5.58 Å². The summed E-state index contributed by atoms with van der Waals surface area (Å²) in [6.45, 7) is 13.3. The maximum atomic E-state index is 6.45. The van der Waals surface area contributed by atoms with Crippen molar-refractivity contribution in [1.29, 1.82) is 0 Å². The van der Waals surface area contributed by atoms with Crippen LogP contribution < -0.4 is 0 Å². The van der Waals surface area contributed by atoms with Gasteiger partial charge in [0, 0.05) is 44.0 Å². The Balaban J connectivity index is 0.000000270. The summed E-state index contributed by atoms with van der Waals surface area (Å²) in [4.78, 5) is 13.8. The molecule has 0 fully saturated rings. The van der Waals surface area contributed by atoms with Crippen molar-refractivity contribution in [2.75, 3.05) is 0 Å². The molecule has 4 nitrogen and oxygen atoms in total. The summed E-state index contributed by atoms with van der Waals surface area (Å²) in [5, 5.41) is 3.26. The molecule has 0 amide bonds. The second-order valence-electron chi connectivity index (χ2n) is 13.5. The Hall–Kier alpha value is -4.48. The predicted octanol–water partition coefficient (Wildman–Crippen LogP) is 11.8. The van der Waals surface area contributed by atoms with Gasteiger partial charge in [-0.1, -0.05) is 68.1 Å². The van der Waals surface area contributed by atoms with E-state index in [-0.39, 0.29) is 25.5 Å². The van der Waals surface area contributed by atoms with Crippen molar-refractivity contribution in [3.05, 3.63) is 137 Å². The molecular formula is C43H37IrN3OS-2. The van der Waals surface area contributed by atoms with E-state index in [1.807, 2.05) is 55.5 Å². The van der Waals surface area contributed by atoms with Crippen LogP contribution >= 0.6 is 11.3 Å². The van der Waals surface area contributed by atoms with E-state index in [1.54, 1.807) is 17.5 Å². The molecular weight excluding hydrogens is 799 g/mol. The minimum absolute atomic E-state index is 0. The summed E-state index contributed by atoms with van der Waals surface area (Å²) in [6, 6.07) is 37.3. The van der Waals surface area contributed by atoms with E-state index in [9.17, 15) is 0 Å². The maximum Gasteiger partial charge on any atom is 0.123 e. The fourth-order valence-corrected chi connectivity index (χ4v) is 7.19. The molecule has 0 saturated heterocycles. The molecule has 0 aliphatic carbocycles. The average Bonchev–Trinajstić information content (AvgIpc) is 3.62. The van der Waals surface area contributed by atoms with E-state index in [0.29, 0.717) is 0 Å². The molecule has 0 unspecified atom stereocenters. The van der Waals surface area contributed by atoms with Gasteiger partial charge in [0.15, 0.2) is 0 Å². The van der Waals surface area contributed by atoms with Crippen LogP contribution in [0.4, 0.5) is 0 Å². The predicted molar refractivity (Wildman–Crippen MR) is 200 cm³/mol. The number of hydrogen-bond acceptors (Lipinski definition) is 5. The van der Waals surface area contributed by atoms with Gasteiger partial charge in [0.2, 0.25) is 0 Å². The zero-order chi connectivity index (χ0) is 33.4. The van der Waals surface area contributed by atoms with Crippen molar-refractivity contribution in [2.24, 2.45) is 5.41 Å². The van der Waals surface area contributed by atoms with Crippen LogP contribution in [0.5, 0.6) is 0 Å². The standard InChI is InChI=1S/C32H29N2OS.C11H8N.Ir/c1-18-9-7-10-19(2)30(18)24-13-26(33-17-21(24)16-32(4,5)6)23-12-8-11-22-25-14-29-27(34-20(3)36-29)15-28(25)35-31(22)23;1-2-6-10(7-3-1)11-8-4-5-9-12-11;/h7-11,13-15,17H,16H2,1-6H3;1-6,8-9H;/q2*-1;. The van der Waals surface area contributed by atoms with Gasteiger partial charge in [-0.25, -0.2) is 4.98 Å². The molecule has 4 heterocycles.